The van der Waals surface area contributed by atoms with Crippen molar-refractivity contribution in [2.24, 2.45) is 5.73 Å². The second kappa shape index (κ2) is 4.81. The highest BCUT2D eigenvalue weighted by Crippen LogP contribution is 2.34. The molecule has 0 atom stereocenters. The number of rotatable bonds is 2. The number of nitrogens with two attached hydrogens (primary N) is 1. The van der Waals surface area contributed by atoms with Crippen LogP contribution in [-0.4, -0.2) is 10.1 Å². The quantitative estimate of drug-likeness (QED) is 0.840. The molecule has 0 spiro atoms. The third kappa shape index (κ3) is 2.30. The van der Waals surface area contributed by atoms with Gasteiger partial charge in [0, 0.05) is 0 Å². The molecule has 0 bridgehead atoms. The van der Waals surface area contributed by atoms with E-state index in [2.05, 4.69) is 10.1 Å². The lowest BCUT2D eigenvalue weighted by Gasteiger charge is -2.22. The molecule has 3 rings (SSSR count). The summed E-state index contributed by atoms with van der Waals surface area (Å²) in [5, 5.41) is 4.04. The molecule has 5 heteroatoms. The topological polar surface area (TPSA) is 78.1 Å². The number of hydrogen-bond donors (Lipinski definition) is 1. The molecule has 1 aliphatic rings. The van der Waals surface area contributed by atoms with E-state index < -0.39 is 5.54 Å². The van der Waals surface area contributed by atoms with E-state index in [1.165, 1.54) is 12.8 Å². The minimum Gasteiger partial charge on any atom is -0.469 e. The summed E-state index contributed by atoms with van der Waals surface area (Å²) in [6.07, 6.45) is 8.18. The fourth-order valence-electron chi connectivity index (χ4n) is 2.73. The monoisotopic (exact) mass is 261 g/mol. The van der Waals surface area contributed by atoms with Crippen LogP contribution in [0.15, 0.2) is 21.3 Å². The van der Waals surface area contributed by atoms with E-state index >= 15 is 0 Å². The van der Waals surface area contributed by atoms with Crippen LogP contribution in [-0.2, 0) is 5.54 Å². The number of nitrogens with zero attached hydrogens (tertiary/aromatic N) is 2. The largest absolute Gasteiger partial charge is 0.469 e. The van der Waals surface area contributed by atoms with Crippen LogP contribution in [0, 0.1) is 6.92 Å². The fourth-order valence-corrected chi connectivity index (χ4v) is 2.73. The van der Waals surface area contributed by atoms with Crippen molar-refractivity contribution in [3.63, 3.8) is 0 Å². The molecule has 2 aromatic heterocycles. The lowest BCUT2D eigenvalue weighted by molar-refractivity contribution is 0.257. The van der Waals surface area contributed by atoms with Gasteiger partial charge in [-0.05, 0) is 25.8 Å². The van der Waals surface area contributed by atoms with Gasteiger partial charge in [-0.2, -0.15) is 4.98 Å². The highest BCUT2D eigenvalue weighted by atomic mass is 16.5. The van der Waals surface area contributed by atoms with Gasteiger partial charge in [-0.15, -0.1) is 0 Å². The average Bonchev–Trinajstić information content (AvgIpc) is 2.97. The van der Waals surface area contributed by atoms with E-state index in [0.29, 0.717) is 11.7 Å². The Morgan fingerprint density at radius 1 is 1.21 bits per heavy atom. The Balaban J connectivity index is 1.90. The van der Waals surface area contributed by atoms with Crippen LogP contribution in [0.25, 0.3) is 11.4 Å². The molecule has 0 saturated heterocycles. The van der Waals surface area contributed by atoms with Crippen molar-refractivity contribution < 1.29 is 8.94 Å². The molecule has 1 saturated carbocycles. The first kappa shape index (κ1) is 12.4. The molecule has 1 fully saturated rings. The van der Waals surface area contributed by atoms with Gasteiger partial charge in [0.2, 0.25) is 11.7 Å². The Kier molecular flexibility index (Phi) is 3.14. The summed E-state index contributed by atoms with van der Waals surface area (Å²) in [6, 6.07) is 1.85. The predicted molar refractivity (Wildman–Crippen MR) is 70.3 cm³/mol. The summed E-state index contributed by atoms with van der Waals surface area (Å²) in [5.41, 5.74) is 6.87. The maximum Gasteiger partial charge on any atom is 0.247 e. The van der Waals surface area contributed by atoms with E-state index in [0.717, 1.165) is 37.0 Å². The zero-order valence-electron chi connectivity index (χ0n) is 11.2. The number of aromatic nitrogens is 2. The van der Waals surface area contributed by atoms with E-state index in [1.807, 2.05) is 13.0 Å². The van der Waals surface area contributed by atoms with Crippen molar-refractivity contribution in [1.82, 2.24) is 10.1 Å². The van der Waals surface area contributed by atoms with Crippen molar-refractivity contribution >= 4 is 0 Å². The van der Waals surface area contributed by atoms with Gasteiger partial charge in [-0.1, -0.05) is 30.8 Å². The standard InChI is InChI=1S/C14H19N3O2/c1-10-11(6-9-18-10)12-16-13(19-17-12)14(15)7-4-2-3-5-8-14/h6,9H,2-5,7-8,15H2,1H3. The molecule has 2 N–H and O–H groups in total. The van der Waals surface area contributed by atoms with Crippen LogP contribution in [0.5, 0.6) is 0 Å². The molecular weight excluding hydrogens is 242 g/mol. The van der Waals surface area contributed by atoms with Gasteiger partial charge < -0.3 is 14.7 Å². The maximum absolute atomic E-state index is 6.47. The normalized spacial score (nSPS) is 19.3. The van der Waals surface area contributed by atoms with Crippen LogP contribution < -0.4 is 5.73 Å². The third-order valence-corrected chi connectivity index (χ3v) is 3.95. The van der Waals surface area contributed by atoms with Crippen molar-refractivity contribution in [3.05, 3.63) is 24.0 Å². The van der Waals surface area contributed by atoms with E-state index in [1.54, 1.807) is 6.26 Å². The molecule has 19 heavy (non-hydrogen) atoms. The summed E-state index contributed by atoms with van der Waals surface area (Å²) in [6.45, 7) is 1.88. The molecule has 0 aromatic carbocycles. The number of furan rings is 1. The Morgan fingerprint density at radius 3 is 2.58 bits per heavy atom. The van der Waals surface area contributed by atoms with Gasteiger partial charge in [0.15, 0.2) is 0 Å². The molecule has 2 aromatic rings. The Hall–Kier alpha value is -1.62. The molecule has 102 valence electrons. The zero-order chi connectivity index (χ0) is 13.3. The Bertz CT molecular complexity index is 551. The number of aryl methyl sites for hydroxylation is 1. The fraction of sp³-hybridized carbons (Fsp3) is 0.571. The second-order valence-corrected chi connectivity index (χ2v) is 5.38. The lowest BCUT2D eigenvalue weighted by atomic mass is 9.91. The highest BCUT2D eigenvalue weighted by Gasteiger charge is 2.34. The molecule has 0 amide bonds. The molecular formula is C14H19N3O2. The molecule has 0 aliphatic heterocycles. The maximum atomic E-state index is 6.47. The summed E-state index contributed by atoms with van der Waals surface area (Å²) in [4.78, 5) is 4.49. The van der Waals surface area contributed by atoms with E-state index in [-0.39, 0.29) is 0 Å². The predicted octanol–water partition coefficient (Wildman–Crippen LogP) is 3.15. The lowest BCUT2D eigenvalue weighted by Crippen LogP contribution is -2.36. The summed E-state index contributed by atoms with van der Waals surface area (Å²) in [5.74, 6) is 1.92. The zero-order valence-corrected chi connectivity index (χ0v) is 11.2. The molecule has 0 unspecified atom stereocenters. The van der Waals surface area contributed by atoms with Crippen molar-refractivity contribution in [2.45, 2.75) is 51.0 Å². The third-order valence-electron chi connectivity index (χ3n) is 3.95. The van der Waals surface area contributed by atoms with Crippen LogP contribution in [0.3, 0.4) is 0 Å². The first-order valence-electron chi connectivity index (χ1n) is 6.87. The molecule has 0 radical (unpaired) electrons. The van der Waals surface area contributed by atoms with Crippen LogP contribution in [0.4, 0.5) is 0 Å². The minimum absolute atomic E-state index is 0.459. The summed E-state index contributed by atoms with van der Waals surface area (Å²) < 4.78 is 10.7. The van der Waals surface area contributed by atoms with Gasteiger partial charge >= 0.3 is 0 Å². The first-order chi connectivity index (χ1) is 9.19. The van der Waals surface area contributed by atoms with Gasteiger partial charge in [0.1, 0.15) is 5.76 Å². The van der Waals surface area contributed by atoms with E-state index in [4.69, 9.17) is 14.7 Å². The van der Waals surface area contributed by atoms with Gasteiger partial charge in [-0.25, -0.2) is 0 Å². The molecule has 1 aliphatic carbocycles. The smallest absolute Gasteiger partial charge is 0.247 e. The SMILES string of the molecule is Cc1occc1-c1noc(C2(N)CCCCCC2)n1. The summed E-state index contributed by atoms with van der Waals surface area (Å²) >= 11 is 0. The Morgan fingerprint density at radius 2 is 1.95 bits per heavy atom. The second-order valence-electron chi connectivity index (χ2n) is 5.38. The van der Waals surface area contributed by atoms with Crippen molar-refractivity contribution in [3.8, 4) is 11.4 Å². The van der Waals surface area contributed by atoms with Crippen LogP contribution >= 0.6 is 0 Å². The van der Waals surface area contributed by atoms with Crippen LogP contribution in [0.2, 0.25) is 0 Å². The molecule has 2 heterocycles. The first-order valence-corrected chi connectivity index (χ1v) is 6.87. The molecule has 5 nitrogen and oxygen atoms in total. The summed E-state index contributed by atoms with van der Waals surface area (Å²) in [7, 11) is 0. The van der Waals surface area contributed by atoms with Gasteiger partial charge in [-0.3, -0.25) is 0 Å². The highest BCUT2D eigenvalue weighted by molar-refractivity contribution is 5.56. The average molecular weight is 261 g/mol. The number of hydrogen-bond acceptors (Lipinski definition) is 5. The van der Waals surface area contributed by atoms with Gasteiger partial charge in [0.25, 0.3) is 0 Å². The van der Waals surface area contributed by atoms with E-state index in [9.17, 15) is 0 Å². The van der Waals surface area contributed by atoms with Gasteiger partial charge in [0.05, 0.1) is 17.4 Å². The Labute approximate surface area is 112 Å². The minimum atomic E-state index is -0.459. The van der Waals surface area contributed by atoms with Crippen LogP contribution in [0.1, 0.15) is 50.2 Å². The van der Waals surface area contributed by atoms with Crippen molar-refractivity contribution in [2.75, 3.05) is 0 Å². The van der Waals surface area contributed by atoms with Crippen molar-refractivity contribution in [1.29, 1.82) is 0 Å².